The minimum atomic E-state index is 0.413. The molecule has 0 atom stereocenters. The maximum absolute atomic E-state index is 5.60. The Morgan fingerprint density at radius 1 is 1.25 bits per heavy atom. The Labute approximate surface area is 68.9 Å². The van der Waals surface area contributed by atoms with E-state index < -0.39 is 0 Å². The summed E-state index contributed by atoms with van der Waals surface area (Å²) in [5.74, 6) is 0.413. The lowest BCUT2D eigenvalue weighted by Gasteiger charge is -1.94. The van der Waals surface area contributed by atoms with Gasteiger partial charge in [-0.1, -0.05) is 4.98 Å². The lowest BCUT2D eigenvalue weighted by Crippen LogP contribution is -2.30. The van der Waals surface area contributed by atoms with Crippen molar-refractivity contribution in [3.8, 4) is 0 Å². The number of rotatable bonds is 0. The van der Waals surface area contributed by atoms with Gasteiger partial charge >= 0.3 is 0 Å². The second kappa shape index (κ2) is 2.37. The number of nitrogens with two attached hydrogens (primary N) is 1. The highest BCUT2D eigenvalue weighted by atomic mass is 15.1. The fourth-order valence-electron chi connectivity index (χ4n) is 1.03. The number of hydrogen-bond donors (Lipinski definition) is 1. The van der Waals surface area contributed by atoms with E-state index in [1.807, 2.05) is 7.05 Å². The number of fused-ring (bicyclic) bond motifs is 1. The van der Waals surface area contributed by atoms with Gasteiger partial charge in [0.1, 0.15) is 6.20 Å². The first-order chi connectivity index (χ1) is 5.79. The lowest BCUT2D eigenvalue weighted by molar-refractivity contribution is -0.649. The van der Waals surface area contributed by atoms with E-state index >= 15 is 0 Å². The van der Waals surface area contributed by atoms with E-state index in [9.17, 15) is 0 Å². The number of aromatic nitrogens is 4. The molecule has 2 N–H and O–H groups in total. The summed E-state index contributed by atoms with van der Waals surface area (Å²) in [5, 5.41) is 0. The number of aryl methyl sites for hydroxylation is 1. The van der Waals surface area contributed by atoms with Gasteiger partial charge in [0.25, 0.3) is 5.65 Å². The summed E-state index contributed by atoms with van der Waals surface area (Å²) in [6, 6.07) is 0. The van der Waals surface area contributed by atoms with Crippen molar-refractivity contribution in [1.82, 2.24) is 15.0 Å². The molecule has 0 fully saturated rings. The van der Waals surface area contributed by atoms with Crippen LogP contribution in [0.3, 0.4) is 0 Å². The molecule has 0 spiro atoms. The minimum Gasteiger partial charge on any atom is -0.368 e. The predicted octanol–water partition coefficient (Wildman–Crippen LogP) is -0.569. The fourth-order valence-corrected chi connectivity index (χ4v) is 1.03. The van der Waals surface area contributed by atoms with Crippen LogP contribution in [0.25, 0.3) is 11.2 Å². The van der Waals surface area contributed by atoms with Crippen LogP contribution in [-0.4, -0.2) is 15.0 Å². The number of anilines is 1. The average Bonchev–Trinajstić information content (AvgIpc) is 2.12. The van der Waals surface area contributed by atoms with Gasteiger partial charge in [-0.15, -0.1) is 4.98 Å². The molecule has 0 aliphatic rings. The van der Waals surface area contributed by atoms with Gasteiger partial charge in [-0.3, -0.25) is 0 Å². The van der Waals surface area contributed by atoms with Gasteiger partial charge < -0.3 is 5.73 Å². The van der Waals surface area contributed by atoms with Crippen LogP contribution in [0.4, 0.5) is 5.82 Å². The molecule has 0 aromatic carbocycles. The molecule has 60 valence electrons. The van der Waals surface area contributed by atoms with Crippen LogP contribution in [0, 0.1) is 0 Å². The topological polar surface area (TPSA) is 68.6 Å². The van der Waals surface area contributed by atoms with Crippen molar-refractivity contribution in [1.29, 1.82) is 0 Å². The van der Waals surface area contributed by atoms with Gasteiger partial charge in [0.15, 0.2) is 5.52 Å². The third-order valence-corrected chi connectivity index (χ3v) is 1.63. The molecule has 0 aliphatic carbocycles. The molecule has 2 heterocycles. The molecule has 5 heteroatoms. The minimum absolute atomic E-state index is 0.413. The average molecular weight is 162 g/mol. The zero-order chi connectivity index (χ0) is 8.55. The third kappa shape index (κ3) is 0.868. The summed E-state index contributed by atoms with van der Waals surface area (Å²) >= 11 is 0. The van der Waals surface area contributed by atoms with Crippen molar-refractivity contribution in [3.63, 3.8) is 0 Å². The molecule has 2 rings (SSSR count). The fraction of sp³-hybridized carbons (Fsp3) is 0.143. The van der Waals surface area contributed by atoms with Gasteiger partial charge in [-0.2, -0.15) is 0 Å². The van der Waals surface area contributed by atoms with E-state index in [1.165, 1.54) is 0 Å². The van der Waals surface area contributed by atoms with Crippen molar-refractivity contribution in [2.24, 2.45) is 7.05 Å². The van der Waals surface area contributed by atoms with E-state index in [-0.39, 0.29) is 0 Å². The first-order valence-electron chi connectivity index (χ1n) is 3.50. The summed E-state index contributed by atoms with van der Waals surface area (Å²) < 4.78 is 1.78. The largest absolute Gasteiger partial charge is 0.368 e. The van der Waals surface area contributed by atoms with Crippen LogP contribution in [-0.2, 0) is 7.05 Å². The molecular weight excluding hydrogens is 154 g/mol. The maximum atomic E-state index is 5.60. The van der Waals surface area contributed by atoms with Crippen LogP contribution in [0.15, 0.2) is 18.7 Å². The van der Waals surface area contributed by atoms with E-state index in [1.54, 1.807) is 23.3 Å². The van der Waals surface area contributed by atoms with Gasteiger partial charge in [-0.25, -0.2) is 9.55 Å². The standard InChI is InChI=1S/C7H7N5/c1-12-4-11-6(8)5-7(12)10-3-2-9-5/h2-4,8H,1H3/p+1. The first-order valence-corrected chi connectivity index (χ1v) is 3.50. The first kappa shape index (κ1) is 6.90. The number of nitrogen functional groups attached to an aromatic ring is 1. The Morgan fingerprint density at radius 3 is 2.75 bits per heavy atom. The Bertz CT molecular complexity index is 385. The molecule has 0 saturated heterocycles. The normalized spacial score (nSPS) is 10.4. The second-order valence-electron chi connectivity index (χ2n) is 2.47. The third-order valence-electron chi connectivity index (χ3n) is 1.63. The Kier molecular flexibility index (Phi) is 1.36. The summed E-state index contributed by atoms with van der Waals surface area (Å²) in [6.07, 6.45) is 4.84. The molecule has 12 heavy (non-hydrogen) atoms. The van der Waals surface area contributed by atoms with Gasteiger partial charge in [0, 0.05) is 0 Å². The van der Waals surface area contributed by atoms with Crippen molar-refractivity contribution >= 4 is 17.0 Å². The summed E-state index contributed by atoms with van der Waals surface area (Å²) in [4.78, 5) is 12.1. The van der Waals surface area contributed by atoms with Crippen LogP contribution in [0.2, 0.25) is 0 Å². The predicted molar refractivity (Wildman–Crippen MR) is 42.9 cm³/mol. The molecule has 2 aromatic rings. The summed E-state index contributed by atoms with van der Waals surface area (Å²) in [7, 11) is 1.85. The monoisotopic (exact) mass is 162 g/mol. The molecule has 5 nitrogen and oxygen atoms in total. The molecule has 0 amide bonds. The van der Waals surface area contributed by atoms with Crippen molar-refractivity contribution in [2.45, 2.75) is 0 Å². The zero-order valence-electron chi connectivity index (χ0n) is 6.60. The summed E-state index contributed by atoms with van der Waals surface area (Å²) in [5.41, 5.74) is 6.98. The SMILES string of the molecule is C[n+]1cnc(N)c2nccnc21. The lowest BCUT2D eigenvalue weighted by atomic mass is 10.4. The molecular formula is C7H8N5+. The Hall–Kier alpha value is -1.78. The molecule has 0 radical (unpaired) electrons. The molecule has 2 aromatic heterocycles. The number of hydrogen-bond acceptors (Lipinski definition) is 4. The molecule has 0 unspecified atom stereocenters. The van der Waals surface area contributed by atoms with Gasteiger partial charge in [0.2, 0.25) is 12.1 Å². The van der Waals surface area contributed by atoms with Crippen LogP contribution in [0.1, 0.15) is 0 Å². The van der Waals surface area contributed by atoms with Crippen LogP contribution in [0.5, 0.6) is 0 Å². The van der Waals surface area contributed by atoms with Crippen molar-refractivity contribution in [2.75, 3.05) is 5.73 Å². The molecule has 0 saturated carbocycles. The summed E-state index contributed by atoms with van der Waals surface area (Å²) in [6.45, 7) is 0. The van der Waals surface area contributed by atoms with E-state index in [0.717, 1.165) is 5.65 Å². The number of nitrogens with zero attached hydrogens (tertiary/aromatic N) is 4. The van der Waals surface area contributed by atoms with E-state index in [4.69, 9.17) is 5.73 Å². The van der Waals surface area contributed by atoms with Gasteiger partial charge in [0.05, 0.1) is 13.2 Å². The van der Waals surface area contributed by atoms with Crippen LogP contribution < -0.4 is 10.3 Å². The zero-order valence-corrected chi connectivity index (χ0v) is 6.60. The maximum Gasteiger partial charge on any atom is 0.293 e. The molecule has 0 bridgehead atoms. The van der Waals surface area contributed by atoms with Crippen LogP contribution >= 0.6 is 0 Å². The quantitative estimate of drug-likeness (QED) is 0.527. The van der Waals surface area contributed by atoms with E-state index in [2.05, 4.69) is 15.0 Å². The highest BCUT2D eigenvalue weighted by Crippen LogP contribution is 2.06. The Balaban J connectivity index is 2.95. The smallest absolute Gasteiger partial charge is 0.293 e. The second-order valence-corrected chi connectivity index (χ2v) is 2.47. The van der Waals surface area contributed by atoms with Crippen molar-refractivity contribution in [3.05, 3.63) is 18.7 Å². The van der Waals surface area contributed by atoms with E-state index in [0.29, 0.717) is 11.3 Å². The van der Waals surface area contributed by atoms with Gasteiger partial charge in [-0.05, 0) is 0 Å². The highest BCUT2D eigenvalue weighted by Gasteiger charge is 2.09. The van der Waals surface area contributed by atoms with Crippen molar-refractivity contribution < 1.29 is 4.57 Å². The Morgan fingerprint density at radius 2 is 2.00 bits per heavy atom. The highest BCUT2D eigenvalue weighted by molar-refractivity contribution is 5.77. The molecule has 0 aliphatic heterocycles.